The number of hydrogen-bond acceptors (Lipinski definition) is 12. The molecule has 0 saturated heterocycles. The van der Waals surface area contributed by atoms with Crippen molar-refractivity contribution in [1.82, 2.24) is 26.6 Å². The Balaban J connectivity index is 0.857. The summed E-state index contributed by atoms with van der Waals surface area (Å²) in [7, 11) is 0. The zero-order valence-corrected chi connectivity index (χ0v) is 51.7. The summed E-state index contributed by atoms with van der Waals surface area (Å²) >= 11 is 0. The van der Waals surface area contributed by atoms with E-state index < -0.39 is 59.4 Å². The Morgan fingerprint density at radius 2 is 1.15 bits per heavy atom. The molecular weight excluding hydrogens is 1110 g/mol. The summed E-state index contributed by atoms with van der Waals surface area (Å²) in [5.41, 5.74) is 6.64. The van der Waals surface area contributed by atoms with E-state index in [0.717, 1.165) is 49.7 Å². The van der Waals surface area contributed by atoms with Crippen LogP contribution in [0, 0.1) is 18.8 Å². The molecule has 1 saturated carbocycles. The van der Waals surface area contributed by atoms with E-state index in [9.17, 15) is 33.6 Å². The first-order chi connectivity index (χ1) is 42.1. The fourth-order valence-corrected chi connectivity index (χ4v) is 11.1. The number of aryl methyl sites for hydroxylation is 1. The zero-order chi connectivity index (χ0) is 62.8. The van der Waals surface area contributed by atoms with Crippen molar-refractivity contribution < 1.29 is 57.2 Å². The van der Waals surface area contributed by atoms with Crippen LogP contribution in [0.15, 0.2) is 140 Å². The van der Waals surface area contributed by atoms with Crippen LogP contribution in [0.3, 0.4) is 0 Å². The van der Waals surface area contributed by atoms with Crippen LogP contribution in [-0.4, -0.2) is 90.9 Å². The lowest BCUT2D eigenvalue weighted by molar-refractivity contribution is -0.158. The van der Waals surface area contributed by atoms with Crippen LogP contribution in [0.25, 0.3) is 21.9 Å². The van der Waals surface area contributed by atoms with Crippen molar-refractivity contribution in [2.45, 2.75) is 161 Å². The Labute approximate surface area is 516 Å². The van der Waals surface area contributed by atoms with Crippen molar-refractivity contribution >= 4 is 52.6 Å². The summed E-state index contributed by atoms with van der Waals surface area (Å²) in [5.74, 6) is -2.24. The van der Waals surface area contributed by atoms with Gasteiger partial charge < -0.3 is 50.3 Å². The van der Waals surface area contributed by atoms with Crippen LogP contribution in [0.5, 0.6) is 5.75 Å². The Kier molecular flexibility index (Phi) is 22.8. The number of benzene rings is 6. The second-order valence-electron chi connectivity index (χ2n) is 25.1. The van der Waals surface area contributed by atoms with Crippen molar-refractivity contribution in [3.05, 3.63) is 173 Å². The minimum atomic E-state index is -1.27. The number of urea groups is 1. The van der Waals surface area contributed by atoms with E-state index in [1.165, 1.54) is 0 Å². The molecule has 8 rings (SSSR count). The first kappa shape index (κ1) is 65.2. The van der Waals surface area contributed by atoms with Crippen LogP contribution in [0.4, 0.5) is 9.59 Å². The van der Waals surface area contributed by atoms with Gasteiger partial charge in [-0.15, -0.1) is 0 Å². The van der Waals surface area contributed by atoms with E-state index in [-0.39, 0.29) is 75.0 Å². The van der Waals surface area contributed by atoms with Crippen LogP contribution in [-0.2, 0) is 62.6 Å². The van der Waals surface area contributed by atoms with E-state index in [4.69, 9.17) is 23.7 Å². The fourth-order valence-electron chi connectivity index (χ4n) is 11.1. The van der Waals surface area contributed by atoms with Crippen molar-refractivity contribution in [2.24, 2.45) is 11.8 Å². The molecule has 0 aliphatic heterocycles. The van der Waals surface area contributed by atoms with E-state index in [1.807, 2.05) is 97.9 Å². The number of carbonyl (C=O) groups is 7. The summed E-state index contributed by atoms with van der Waals surface area (Å²) in [6, 6.07) is 41.3. The van der Waals surface area contributed by atoms with E-state index >= 15 is 0 Å². The standard InChI is InChI=1S/C71H85N5O12/c1-46-23-25-48(26-24-46)43-84-54-35-30-49(31-36-54)44-85-66(80)60(75-68(82)76-61(67(81)88-71(5,6)7)37-38-63(77)87-70(2,3)4)22-14-15-39-72-65(79)62(41-50-29-32-51-16-8-9-17-53(51)40-50)74-64(78)52-33-27-47(28-34-52)42-73-69(83)86-45-59-57-20-12-10-18-55(57)56-19-11-13-21-58(56)59/h8-13,16-21,23-26,29-32,35-36,40,47,52,59-62H,14-15,22,27-28,33-34,37-39,41-45H2,1-7H3,(H,72,79)(H,73,83)(H,74,78)(H2,75,76,82). The molecule has 3 atom stereocenters. The zero-order valence-electron chi connectivity index (χ0n) is 51.7. The number of alkyl carbamates (subject to hydrolysis) is 1. The lowest BCUT2D eigenvalue weighted by atomic mass is 9.81. The quantitative estimate of drug-likeness (QED) is 0.0194. The molecule has 6 aromatic rings. The van der Waals surface area contributed by atoms with E-state index in [0.29, 0.717) is 63.0 Å². The number of rotatable bonds is 26. The third-order valence-corrected chi connectivity index (χ3v) is 15.7. The second-order valence-corrected chi connectivity index (χ2v) is 25.1. The third kappa shape index (κ3) is 19.9. The molecule has 88 heavy (non-hydrogen) atoms. The molecule has 0 spiro atoms. The third-order valence-electron chi connectivity index (χ3n) is 15.7. The predicted octanol–water partition coefficient (Wildman–Crippen LogP) is 11.6. The molecule has 3 unspecified atom stereocenters. The molecule has 0 radical (unpaired) electrons. The van der Waals surface area contributed by atoms with Gasteiger partial charge in [0.1, 0.15) is 54.9 Å². The van der Waals surface area contributed by atoms with Gasteiger partial charge in [0.15, 0.2) is 0 Å². The van der Waals surface area contributed by atoms with Gasteiger partial charge in [-0.3, -0.25) is 14.4 Å². The maximum absolute atomic E-state index is 14.2. The van der Waals surface area contributed by atoms with Gasteiger partial charge >= 0.3 is 30.0 Å². The van der Waals surface area contributed by atoms with Crippen molar-refractivity contribution in [2.75, 3.05) is 19.7 Å². The number of unbranched alkanes of at least 4 members (excludes halogenated alkanes) is 1. The number of ether oxygens (including phenoxy) is 5. The summed E-state index contributed by atoms with van der Waals surface area (Å²) in [6.07, 6.45) is 2.84. The molecule has 2 aliphatic rings. The van der Waals surface area contributed by atoms with Crippen molar-refractivity contribution in [1.29, 1.82) is 0 Å². The number of hydrogen-bond donors (Lipinski definition) is 5. The van der Waals surface area contributed by atoms with Gasteiger partial charge in [0, 0.05) is 37.8 Å². The molecule has 0 heterocycles. The molecule has 5 amide bonds. The Morgan fingerprint density at radius 3 is 1.81 bits per heavy atom. The van der Waals surface area contributed by atoms with Crippen LogP contribution in [0.2, 0.25) is 0 Å². The largest absolute Gasteiger partial charge is 0.489 e. The maximum atomic E-state index is 14.2. The first-order valence-electron chi connectivity index (χ1n) is 30.7. The Bertz CT molecular complexity index is 3320. The molecular formula is C71H85N5O12. The first-order valence-corrected chi connectivity index (χ1v) is 30.7. The molecule has 17 nitrogen and oxygen atoms in total. The smallest absolute Gasteiger partial charge is 0.407 e. The van der Waals surface area contributed by atoms with Gasteiger partial charge in [0.05, 0.1) is 0 Å². The lowest BCUT2D eigenvalue weighted by Crippen LogP contribution is -2.52. The monoisotopic (exact) mass is 1200 g/mol. The summed E-state index contributed by atoms with van der Waals surface area (Å²) in [5, 5.41) is 16.4. The summed E-state index contributed by atoms with van der Waals surface area (Å²) in [6.45, 7) is 13.3. The molecule has 1 fully saturated rings. The highest BCUT2D eigenvalue weighted by Crippen LogP contribution is 2.44. The molecule has 5 N–H and O–H groups in total. The van der Waals surface area contributed by atoms with Crippen LogP contribution >= 0.6 is 0 Å². The number of nitrogens with one attached hydrogen (secondary N) is 5. The van der Waals surface area contributed by atoms with E-state index in [1.54, 1.807) is 65.8 Å². The fraction of sp³-hybridized carbons (Fsp3) is 0.423. The Hall–Kier alpha value is -8.73. The van der Waals surface area contributed by atoms with Crippen LogP contribution in [0.1, 0.15) is 139 Å². The highest BCUT2D eigenvalue weighted by Gasteiger charge is 2.34. The number of fused-ring (bicyclic) bond motifs is 4. The van der Waals surface area contributed by atoms with Gasteiger partial charge in [0.25, 0.3) is 0 Å². The molecule has 0 aromatic heterocycles. The minimum absolute atomic E-state index is 0.0432. The van der Waals surface area contributed by atoms with Gasteiger partial charge in [0.2, 0.25) is 11.8 Å². The van der Waals surface area contributed by atoms with Crippen LogP contribution < -0.4 is 31.3 Å². The molecule has 0 bridgehead atoms. The van der Waals surface area contributed by atoms with Crippen molar-refractivity contribution in [3.8, 4) is 16.9 Å². The summed E-state index contributed by atoms with van der Waals surface area (Å²) < 4.78 is 28.6. The molecule has 6 aromatic carbocycles. The number of esters is 3. The van der Waals surface area contributed by atoms with Gasteiger partial charge in [-0.2, -0.15) is 0 Å². The SMILES string of the molecule is Cc1ccc(COc2ccc(COC(=O)C(CCCCNC(=O)C(Cc3ccc4ccccc4c3)NC(=O)C3CCC(CNC(=O)OCC4c5ccccc5-c5ccccc54)CC3)NC(=O)NC(CCC(=O)OC(C)(C)C)C(=O)OC(C)(C)C)cc2)cc1. The second kappa shape index (κ2) is 30.8. The molecule has 17 heteroatoms. The maximum Gasteiger partial charge on any atom is 0.407 e. The lowest BCUT2D eigenvalue weighted by Gasteiger charge is -2.29. The summed E-state index contributed by atoms with van der Waals surface area (Å²) in [4.78, 5) is 95.2. The number of amides is 5. The minimum Gasteiger partial charge on any atom is -0.489 e. The average Bonchev–Trinajstić information content (AvgIpc) is 1.85. The Morgan fingerprint density at radius 1 is 0.557 bits per heavy atom. The average molecular weight is 1200 g/mol. The molecule has 466 valence electrons. The number of carbonyl (C=O) groups excluding carboxylic acids is 7. The van der Waals surface area contributed by atoms with Crippen molar-refractivity contribution in [3.63, 3.8) is 0 Å². The molecule has 2 aliphatic carbocycles. The normalized spacial score (nSPS) is 15.7. The predicted molar refractivity (Wildman–Crippen MR) is 337 cm³/mol. The van der Waals surface area contributed by atoms with Gasteiger partial charge in [-0.1, -0.05) is 133 Å². The highest BCUT2D eigenvalue weighted by atomic mass is 16.6. The topological polar surface area (TPSA) is 226 Å². The van der Waals surface area contributed by atoms with E-state index in [2.05, 4.69) is 50.8 Å². The highest BCUT2D eigenvalue weighted by molar-refractivity contribution is 5.90. The van der Waals surface area contributed by atoms with Gasteiger partial charge in [-0.25, -0.2) is 19.2 Å². The van der Waals surface area contributed by atoms with Gasteiger partial charge in [-0.05, 0) is 168 Å².